The van der Waals surface area contributed by atoms with Crippen LogP contribution in [0.4, 0.5) is 0 Å². The van der Waals surface area contributed by atoms with Gasteiger partial charge in [0.2, 0.25) is 0 Å². The Hall–Kier alpha value is -0.630. The van der Waals surface area contributed by atoms with E-state index in [0.29, 0.717) is 0 Å². The molecule has 2 heteroatoms. The first-order valence-corrected chi connectivity index (χ1v) is 6.70. The molecule has 0 spiro atoms. The highest BCUT2D eigenvalue weighted by Gasteiger charge is 2.29. The van der Waals surface area contributed by atoms with E-state index in [1.807, 2.05) is 6.08 Å². The van der Waals surface area contributed by atoms with Gasteiger partial charge in [-0.2, -0.15) is 0 Å². The normalized spacial score (nSPS) is 24.9. The summed E-state index contributed by atoms with van der Waals surface area (Å²) in [4.78, 5) is 12.1. The summed E-state index contributed by atoms with van der Waals surface area (Å²) in [5.41, 5.74) is 0.893. The van der Waals surface area contributed by atoms with Gasteiger partial charge in [0.1, 0.15) is 6.10 Å². The van der Waals surface area contributed by atoms with Gasteiger partial charge in [-0.05, 0) is 50.0 Å². The van der Waals surface area contributed by atoms with Gasteiger partial charge in [0.15, 0.2) is 5.78 Å². The third-order valence-corrected chi connectivity index (χ3v) is 3.97. The zero-order valence-electron chi connectivity index (χ0n) is 9.95. The first-order chi connectivity index (χ1) is 7.79. The van der Waals surface area contributed by atoms with E-state index < -0.39 is 6.10 Å². The van der Waals surface area contributed by atoms with E-state index in [0.717, 1.165) is 37.7 Å². The lowest BCUT2D eigenvalue weighted by Crippen LogP contribution is -2.32. The van der Waals surface area contributed by atoms with E-state index in [1.165, 1.54) is 25.7 Å². The number of hydrogen-bond acceptors (Lipinski definition) is 2. The van der Waals surface area contributed by atoms with Gasteiger partial charge in [-0.1, -0.05) is 25.3 Å². The van der Waals surface area contributed by atoms with Crippen LogP contribution in [0.2, 0.25) is 0 Å². The van der Waals surface area contributed by atoms with Crippen molar-refractivity contribution in [1.29, 1.82) is 0 Å². The number of aliphatic hydroxyl groups excluding tert-OH is 1. The predicted octanol–water partition coefficient (Wildman–Crippen LogP) is 3.00. The molecule has 1 atom stereocenters. The fourth-order valence-electron chi connectivity index (χ4n) is 2.92. The molecule has 0 bridgehead atoms. The van der Waals surface area contributed by atoms with Gasteiger partial charge in [-0.3, -0.25) is 4.79 Å². The Morgan fingerprint density at radius 3 is 2.56 bits per heavy atom. The Labute approximate surface area is 97.7 Å². The van der Waals surface area contributed by atoms with Crippen molar-refractivity contribution in [3.05, 3.63) is 11.6 Å². The van der Waals surface area contributed by atoms with Gasteiger partial charge in [-0.15, -0.1) is 0 Å². The maximum atomic E-state index is 12.1. The Morgan fingerprint density at radius 1 is 1.19 bits per heavy atom. The molecule has 0 radical (unpaired) electrons. The quantitative estimate of drug-likeness (QED) is 0.797. The fraction of sp³-hybridized carbons (Fsp3) is 0.786. The molecular formula is C14H22O2. The second-order valence-corrected chi connectivity index (χ2v) is 5.18. The van der Waals surface area contributed by atoms with Crippen LogP contribution in [0, 0.1) is 5.92 Å². The Morgan fingerprint density at radius 2 is 1.94 bits per heavy atom. The first-order valence-electron chi connectivity index (χ1n) is 6.70. The largest absolute Gasteiger partial charge is 0.385 e. The van der Waals surface area contributed by atoms with Gasteiger partial charge in [0.25, 0.3) is 0 Å². The number of allylic oxidation sites excluding steroid dienone is 1. The molecule has 0 heterocycles. The minimum atomic E-state index is -0.718. The Kier molecular flexibility index (Phi) is 4.16. The van der Waals surface area contributed by atoms with E-state index in [9.17, 15) is 9.90 Å². The molecule has 1 N–H and O–H groups in total. The topological polar surface area (TPSA) is 37.3 Å². The molecule has 2 aliphatic carbocycles. The Bertz CT molecular complexity index is 274. The van der Waals surface area contributed by atoms with Crippen molar-refractivity contribution in [3.63, 3.8) is 0 Å². The maximum Gasteiger partial charge on any atom is 0.187 e. The van der Waals surface area contributed by atoms with Crippen molar-refractivity contribution in [3.8, 4) is 0 Å². The van der Waals surface area contributed by atoms with E-state index >= 15 is 0 Å². The lowest BCUT2D eigenvalue weighted by Gasteiger charge is -2.26. The van der Waals surface area contributed by atoms with Crippen LogP contribution < -0.4 is 0 Å². The molecule has 0 aromatic carbocycles. The van der Waals surface area contributed by atoms with Gasteiger partial charge in [-0.25, -0.2) is 0 Å². The highest BCUT2D eigenvalue weighted by atomic mass is 16.3. The summed E-state index contributed by atoms with van der Waals surface area (Å²) < 4.78 is 0. The summed E-state index contributed by atoms with van der Waals surface area (Å²) in [5.74, 6) is 0.246. The molecule has 0 aliphatic heterocycles. The molecule has 2 rings (SSSR count). The van der Waals surface area contributed by atoms with Crippen molar-refractivity contribution in [2.24, 2.45) is 5.92 Å². The summed E-state index contributed by atoms with van der Waals surface area (Å²) in [5, 5.41) is 10.1. The lowest BCUT2D eigenvalue weighted by atomic mass is 9.81. The zero-order chi connectivity index (χ0) is 11.4. The van der Waals surface area contributed by atoms with Crippen LogP contribution in [0.1, 0.15) is 57.8 Å². The molecule has 16 heavy (non-hydrogen) atoms. The fourth-order valence-corrected chi connectivity index (χ4v) is 2.92. The van der Waals surface area contributed by atoms with Crippen molar-refractivity contribution >= 4 is 5.78 Å². The van der Waals surface area contributed by atoms with E-state index in [-0.39, 0.29) is 11.7 Å². The predicted molar refractivity (Wildman–Crippen MR) is 64.1 cm³/mol. The molecule has 0 saturated heterocycles. The van der Waals surface area contributed by atoms with E-state index in [4.69, 9.17) is 0 Å². The van der Waals surface area contributed by atoms with Crippen LogP contribution in [-0.2, 0) is 4.79 Å². The molecule has 0 aromatic rings. The molecule has 2 aliphatic rings. The van der Waals surface area contributed by atoms with Crippen LogP contribution in [0.15, 0.2) is 11.6 Å². The van der Waals surface area contributed by atoms with Crippen molar-refractivity contribution < 1.29 is 9.90 Å². The summed E-state index contributed by atoms with van der Waals surface area (Å²) in [7, 11) is 0. The summed E-state index contributed by atoms with van der Waals surface area (Å²) in [6, 6.07) is 0. The molecular weight excluding hydrogens is 200 g/mol. The number of hydrogen-bond donors (Lipinski definition) is 1. The number of aliphatic hydroxyl groups is 1. The van der Waals surface area contributed by atoms with Crippen LogP contribution in [0.25, 0.3) is 0 Å². The lowest BCUT2D eigenvalue weighted by molar-refractivity contribution is -0.126. The molecule has 0 aromatic heterocycles. The highest BCUT2D eigenvalue weighted by Crippen LogP contribution is 2.29. The number of carbonyl (C=O) groups excluding carboxylic acids is 1. The summed E-state index contributed by atoms with van der Waals surface area (Å²) in [6.07, 6.45) is 11.2. The molecule has 90 valence electrons. The second kappa shape index (κ2) is 5.62. The van der Waals surface area contributed by atoms with Gasteiger partial charge < -0.3 is 5.11 Å². The van der Waals surface area contributed by atoms with Crippen LogP contribution in [0.3, 0.4) is 0 Å². The standard InChI is InChI=1S/C14H22O2/c15-13(11-7-3-1-4-8-11)14(16)12-9-5-2-6-10-12/h7,12,14,16H,1-6,8-10H2. The summed E-state index contributed by atoms with van der Waals surface area (Å²) >= 11 is 0. The second-order valence-electron chi connectivity index (χ2n) is 5.18. The van der Waals surface area contributed by atoms with Crippen LogP contribution in [-0.4, -0.2) is 17.0 Å². The van der Waals surface area contributed by atoms with E-state index in [2.05, 4.69) is 0 Å². The minimum Gasteiger partial charge on any atom is -0.385 e. The van der Waals surface area contributed by atoms with Crippen LogP contribution >= 0.6 is 0 Å². The third kappa shape index (κ3) is 2.73. The molecule has 1 fully saturated rings. The zero-order valence-corrected chi connectivity index (χ0v) is 9.95. The molecule has 2 nitrogen and oxygen atoms in total. The third-order valence-electron chi connectivity index (χ3n) is 3.97. The SMILES string of the molecule is O=C(C1=CCCCC1)C(O)C1CCCCC1. The van der Waals surface area contributed by atoms with Crippen LogP contribution in [0.5, 0.6) is 0 Å². The Balaban J connectivity index is 1.94. The first kappa shape index (κ1) is 11.8. The number of rotatable bonds is 3. The number of Topliss-reactive ketones (excluding diaryl/α,β-unsaturated/α-hetero) is 1. The smallest absolute Gasteiger partial charge is 0.187 e. The summed E-state index contributed by atoms with van der Waals surface area (Å²) in [6.45, 7) is 0. The van der Waals surface area contributed by atoms with Gasteiger partial charge in [0.05, 0.1) is 0 Å². The monoisotopic (exact) mass is 222 g/mol. The van der Waals surface area contributed by atoms with E-state index in [1.54, 1.807) is 0 Å². The maximum absolute atomic E-state index is 12.1. The average molecular weight is 222 g/mol. The van der Waals surface area contributed by atoms with Gasteiger partial charge >= 0.3 is 0 Å². The van der Waals surface area contributed by atoms with Crippen molar-refractivity contribution in [2.75, 3.05) is 0 Å². The number of carbonyl (C=O) groups is 1. The minimum absolute atomic E-state index is 0.0200. The van der Waals surface area contributed by atoms with Gasteiger partial charge in [0, 0.05) is 0 Å². The van der Waals surface area contributed by atoms with Crippen molar-refractivity contribution in [1.82, 2.24) is 0 Å². The van der Waals surface area contributed by atoms with Crippen molar-refractivity contribution in [2.45, 2.75) is 63.9 Å². The molecule has 1 unspecified atom stereocenters. The average Bonchev–Trinajstić information content (AvgIpc) is 2.39. The highest BCUT2D eigenvalue weighted by molar-refractivity contribution is 5.98. The molecule has 1 saturated carbocycles. The molecule has 0 amide bonds. The number of ketones is 1.